The SMILES string of the molecule is O=C(O)[C@@H]1C[C@@H]2C[C@H](O)C[C@@H]1C2. The van der Waals surface area contributed by atoms with E-state index >= 15 is 0 Å². The van der Waals surface area contributed by atoms with Crippen molar-refractivity contribution in [3.8, 4) is 0 Å². The highest BCUT2D eigenvalue weighted by molar-refractivity contribution is 5.70. The molecule has 0 aromatic heterocycles. The van der Waals surface area contributed by atoms with Crippen LogP contribution in [0.15, 0.2) is 0 Å². The summed E-state index contributed by atoms with van der Waals surface area (Å²) in [6.45, 7) is 0. The largest absolute Gasteiger partial charge is 0.481 e. The maximum absolute atomic E-state index is 10.8. The number of carboxylic acids is 1. The number of fused-ring (bicyclic) bond motifs is 2. The highest BCUT2D eigenvalue weighted by atomic mass is 16.4. The Kier molecular flexibility index (Phi) is 1.83. The first-order chi connectivity index (χ1) is 5.66. The van der Waals surface area contributed by atoms with Gasteiger partial charge in [-0.2, -0.15) is 0 Å². The first-order valence-electron chi connectivity index (χ1n) is 4.57. The van der Waals surface area contributed by atoms with Crippen LogP contribution in [-0.4, -0.2) is 22.3 Å². The molecule has 0 aliphatic heterocycles. The van der Waals surface area contributed by atoms with Gasteiger partial charge in [0.15, 0.2) is 0 Å². The number of aliphatic hydroxyl groups excluding tert-OH is 1. The van der Waals surface area contributed by atoms with Crippen molar-refractivity contribution in [2.24, 2.45) is 17.8 Å². The molecule has 0 amide bonds. The first kappa shape index (κ1) is 8.05. The van der Waals surface area contributed by atoms with E-state index in [1.54, 1.807) is 0 Å². The Hall–Kier alpha value is -0.570. The molecule has 0 spiro atoms. The molecule has 2 N–H and O–H groups in total. The normalized spacial score (nSPS) is 46.1. The second kappa shape index (κ2) is 2.73. The Morgan fingerprint density at radius 3 is 2.58 bits per heavy atom. The first-order valence-corrected chi connectivity index (χ1v) is 4.57. The topological polar surface area (TPSA) is 57.5 Å². The summed E-state index contributed by atoms with van der Waals surface area (Å²) in [5.74, 6) is -0.125. The molecule has 0 aromatic rings. The zero-order valence-corrected chi connectivity index (χ0v) is 6.94. The van der Waals surface area contributed by atoms with Gasteiger partial charge in [0.2, 0.25) is 0 Å². The number of carbonyl (C=O) groups is 1. The zero-order chi connectivity index (χ0) is 8.72. The molecule has 0 unspecified atom stereocenters. The van der Waals surface area contributed by atoms with Crippen LogP contribution in [-0.2, 0) is 4.79 Å². The second-order valence-corrected chi connectivity index (χ2v) is 4.17. The lowest BCUT2D eigenvalue weighted by molar-refractivity contribution is -0.143. The summed E-state index contributed by atoms with van der Waals surface area (Å²) in [5.41, 5.74) is 0. The third-order valence-electron chi connectivity index (χ3n) is 3.29. The van der Waals surface area contributed by atoms with Crippen LogP contribution in [0.3, 0.4) is 0 Å². The predicted octanol–water partition coefficient (Wildman–Crippen LogP) is 0.868. The van der Waals surface area contributed by atoms with E-state index in [1.807, 2.05) is 0 Å². The fourth-order valence-electron chi connectivity index (χ4n) is 2.83. The lowest BCUT2D eigenvalue weighted by atomic mass is 9.85. The lowest BCUT2D eigenvalue weighted by Crippen LogP contribution is -2.23. The average molecular weight is 170 g/mol. The van der Waals surface area contributed by atoms with Crippen molar-refractivity contribution in [1.82, 2.24) is 0 Å². The van der Waals surface area contributed by atoms with Crippen LogP contribution >= 0.6 is 0 Å². The molecule has 2 rings (SSSR count). The van der Waals surface area contributed by atoms with Crippen LogP contribution in [0.2, 0.25) is 0 Å². The van der Waals surface area contributed by atoms with Crippen molar-refractivity contribution in [2.75, 3.05) is 0 Å². The van der Waals surface area contributed by atoms with Gasteiger partial charge in [0.25, 0.3) is 0 Å². The fourth-order valence-corrected chi connectivity index (χ4v) is 2.83. The van der Waals surface area contributed by atoms with E-state index in [9.17, 15) is 9.90 Å². The van der Waals surface area contributed by atoms with Crippen LogP contribution < -0.4 is 0 Å². The number of aliphatic carboxylic acids is 1. The summed E-state index contributed by atoms with van der Waals surface area (Å²) in [6, 6.07) is 0. The zero-order valence-electron chi connectivity index (χ0n) is 6.94. The number of carboxylic acid groups (broad SMARTS) is 1. The Balaban J connectivity index is 2.09. The van der Waals surface area contributed by atoms with Gasteiger partial charge >= 0.3 is 5.97 Å². The summed E-state index contributed by atoms with van der Waals surface area (Å²) in [6.07, 6.45) is 3.09. The van der Waals surface area contributed by atoms with Gasteiger partial charge in [0.1, 0.15) is 0 Å². The minimum Gasteiger partial charge on any atom is -0.481 e. The lowest BCUT2D eigenvalue weighted by Gasteiger charge is -2.23. The highest BCUT2D eigenvalue weighted by Gasteiger charge is 2.43. The third-order valence-corrected chi connectivity index (χ3v) is 3.29. The van der Waals surface area contributed by atoms with Gasteiger partial charge in [-0.15, -0.1) is 0 Å². The van der Waals surface area contributed by atoms with E-state index in [0.29, 0.717) is 12.3 Å². The minimum absolute atomic E-state index is 0.174. The molecular formula is C9H14O3. The monoisotopic (exact) mass is 170 g/mol. The van der Waals surface area contributed by atoms with Gasteiger partial charge in [-0.3, -0.25) is 4.79 Å². The van der Waals surface area contributed by atoms with E-state index in [-0.39, 0.29) is 17.9 Å². The molecule has 2 aliphatic carbocycles. The predicted molar refractivity (Wildman–Crippen MR) is 42.6 cm³/mol. The molecule has 2 fully saturated rings. The summed E-state index contributed by atoms with van der Waals surface area (Å²) in [5, 5.41) is 18.3. The Morgan fingerprint density at radius 2 is 1.92 bits per heavy atom. The van der Waals surface area contributed by atoms with Gasteiger partial charge in [-0.05, 0) is 37.5 Å². The quantitative estimate of drug-likeness (QED) is 0.614. The molecule has 3 heteroatoms. The van der Waals surface area contributed by atoms with E-state index in [0.717, 1.165) is 19.3 Å². The van der Waals surface area contributed by atoms with Gasteiger partial charge < -0.3 is 10.2 Å². The molecule has 0 radical (unpaired) electrons. The minimum atomic E-state index is -0.670. The molecule has 2 saturated carbocycles. The number of rotatable bonds is 1. The third kappa shape index (κ3) is 1.22. The molecule has 2 aliphatic rings. The fraction of sp³-hybridized carbons (Fsp3) is 0.889. The maximum atomic E-state index is 10.8. The van der Waals surface area contributed by atoms with E-state index in [4.69, 9.17) is 5.11 Å². The van der Waals surface area contributed by atoms with Gasteiger partial charge in [-0.1, -0.05) is 0 Å². The molecule has 0 aromatic carbocycles. The summed E-state index contributed by atoms with van der Waals surface area (Å²) < 4.78 is 0. The summed E-state index contributed by atoms with van der Waals surface area (Å²) in [7, 11) is 0. The Bertz CT molecular complexity index is 202. The number of hydrogen-bond acceptors (Lipinski definition) is 2. The van der Waals surface area contributed by atoms with Crippen molar-refractivity contribution in [3.63, 3.8) is 0 Å². The van der Waals surface area contributed by atoms with Crippen LogP contribution in [0, 0.1) is 17.8 Å². The molecule has 0 heterocycles. The van der Waals surface area contributed by atoms with Crippen molar-refractivity contribution in [3.05, 3.63) is 0 Å². The molecule has 2 bridgehead atoms. The van der Waals surface area contributed by atoms with Crippen molar-refractivity contribution >= 4 is 5.97 Å². The Morgan fingerprint density at radius 1 is 1.17 bits per heavy atom. The van der Waals surface area contributed by atoms with Gasteiger partial charge in [0, 0.05) is 0 Å². The standard InChI is InChI=1S/C9H14O3/c10-7-2-5-1-6(4-7)8(3-5)9(11)12/h5-8,10H,1-4H2,(H,11,12)/t5-,6-,7-,8+/m0/s1. The van der Waals surface area contributed by atoms with Crippen LogP contribution in [0.25, 0.3) is 0 Å². The van der Waals surface area contributed by atoms with Crippen LogP contribution in [0.4, 0.5) is 0 Å². The van der Waals surface area contributed by atoms with E-state index in [2.05, 4.69) is 0 Å². The van der Waals surface area contributed by atoms with E-state index in [1.165, 1.54) is 0 Å². The van der Waals surface area contributed by atoms with E-state index < -0.39 is 5.97 Å². The second-order valence-electron chi connectivity index (χ2n) is 4.17. The van der Waals surface area contributed by atoms with Gasteiger partial charge in [0.05, 0.1) is 12.0 Å². The van der Waals surface area contributed by atoms with Crippen LogP contribution in [0.5, 0.6) is 0 Å². The maximum Gasteiger partial charge on any atom is 0.306 e. The smallest absolute Gasteiger partial charge is 0.306 e. The summed E-state index contributed by atoms with van der Waals surface area (Å²) >= 11 is 0. The van der Waals surface area contributed by atoms with Crippen LogP contribution in [0.1, 0.15) is 25.7 Å². The highest BCUT2D eigenvalue weighted by Crippen LogP contribution is 2.45. The molecular weight excluding hydrogens is 156 g/mol. The Labute approximate surface area is 71.4 Å². The number of aliphatic hydroxyl groups is 1. The molecule has 0 saturated heterocycles. The van der Waals surface area contributed by atoms with Crippen molar-refractivity contribution in [1.29, 1.82) is 0 Å². The molecule has 12 heavy (non-hydrogen) atoms. The molecule has 3 nitrogen and oxygen atoms in total. The van der Waals surface area contributed by atoms with Crippen molar-refractivity contribution < 1.29 is 15.0 Å². The van der Waals surface area contributed by atoms with Crippen molar-refractivity contribution in [2.45, 2.75) is 31.8 Å². The average Bonchev–Trinajstić information content (AvgIpc) is 2.26. The molecule has 4 atom stereocenters. The molecule has 68 valence electrons. The van der Waals surface area contributed by atoms with Gasteiger partial charge in [-0.25, -0.2) is 0 Å². The number of hydrogen-bond donors (Lipinski definition) is 2. The summed E-state index contributed by atoms with van der Waals surface area (Å²) in [4.78, 5) is 10.8.